The Bertz CT molecular complexity index is 1870. The van der Waals surface area contributed by atoms with Crippen molar-refractivity contribution >= 4 is 46.4 Å². The van der Waals surface area contributed by atoms with Gasteiger partial charge < -0.3 is 14.3 Å². The maximum absolute atomic E-state index is 14.8. The Kier molecular flexibility index (Phi) is 12.7. The van der Waals surface area contributed by atoms with Gasteiger partial charge in [-0.05, 0) is 66.5 Å². The van der Waals surface area contributed by atoms with E-state index in [9.17, 15) is 31.5 Å². The number of amides is 1. The van der Waals surface area contributed by atoms with Gasteiger partial charge in [-0.3, -0.25) is 35.3 Å². The van der Waals surface area contributed by atoms with Crippen molar-refractivity contribution in [3.8, 4) is 11.1 Å². The van der Waals surface area contributed by atoms with Crippen molar-refractivity contribution in [3.05, 3.63) is 118 Å². The number of anilines is 1. The number of halogens is 5. The Labute approximate surface area is 265 Å². The smallest absolute Gasteiger partial charge is 0.331 e. The molecule has 0 atom stereocenters. The van der Waals surface area contributed by atoms with E-state index >= 15 is 0 Å². The highest BCUT2D eigenvalue weighted by molar-refractivity contribution is 7.99. The third kappa shape index (κ3) is 8.25. The van der Waals surface area contributed by atoms with E-state index in [1.807, 2.05) is 12.3 Å². The molecule has 17 heteroatoms. The highest BCUT2D eigenvalue weighted by Crippen LogP contribution is 2.39. The van der Waals surface area contributed by atoms with E-state index in [0.717, 1.165) is 35.8 Å². The van der Waals surface area contributed by atoms with Gasteiger partial charge in [0.15, 0.2) is 0 Å². The fourth-order valence-electron chi connectivity index (χ4n) is 4.54. The number of H-pyrrole nitrogens is 1. The third-order valence-corrected chi connectivity index (χ3v) is 7.57. The van der Waals surface area contributed by atoms with Gasteiger partial charge in [-0.15, -0.1) is 0 Å². The molecule has 1 amide bonds. The van der Waals surface area contributed by atoms with Gasteiger partial charge in [0.2, 0.25) is 0 Å². The summed E-state index contributed by atoms with van der Waals surface area (Å²) in [6, 6.07) is 15.8. The molecule has 0 aliphatic heterocycles. The standard InChI is InChI=1S/C29H21F5N4O2S2.2H2O2/c1-41-36-19-4-2-5-20(14-19)42-37-28(40)26-25(21-6-3-11-35-27(21)39)22-12-17(29(32,33)34)8-10-24(22)38(26)15-16-7-9-18(30)13-23(16)31;2*1-2/h2-14,36H,15H2,1H3,(H,35,39)(H,37,40);2*1-2H. The van der Waals surface area contributed by atoms with Crippen LogP contribution < -0.4 is 15.0 Å². The third-order valence-electron chi connectivity index (χ3n) is 6.35. The van der Waals surface area contributed by atoms with Crippen molar-refractivity contribution in [2.75, 3.05) is 11.0 Å². The van der Waals surface area contributed by atoms with Crippen LogP contribution >= 0.6 is 23.9 Å². The SMILES string of the molecule is CSNc1cccc(SNC(=O)c2c(-c3ccc[nH]c3=O)c3cc(C(F)(F)F)ccc3n2Cc2ccc(F)cc2F)c1.OO.OO. The number of aromatic nitrogens is 2. The van der Waals surface area contributed by atoms with Gasteiger partial charge in [-0.2, -0.15) is 13.2 Å². The number of hydrogen-bond acceptors (Lipinski definition) is 9. The minimum atomic E-state index is -4.71. The van der Waals surface area contributed by atoms with Gasteiger partial charge in [-0.1, -0.05) is 24.1 Å². The van der Waals surface area contributed by atoms with Gasteiger partial charge in [0.25, 0.3) is 11.5 Å². The second kappa shape index (κ2) is 16.3. The number of pyridine rings is 1. The number of benzene rings is 3. The molecule has 0 fully saturated rings. The van der Waals surface area contributed by atoms with Gasteiger partial charge in [0.05, 0.1) is 12.1 Å². The first kappa shape index (κ1) is 36.1. The number of rotatable bonds is 8. The average molecular weight is 685 g/mol. The lowest BCUT2D eigenvalue weighted by molar-refractivity contribution is -0.176. The molecule has 5 rings (SSSR count). The van der Waals surface area contributed by atoms with Crippen LogP contribution in [0.5, 0.6) is 0 Å². The van der Waals surface area contributed by atoms with Crippen molar-refractivity contribution in [2.24, 2.45) is 0 Å². The van der Waals surface area contributed by atoms with Crippen LogP contribution in [0, 0.1) is 11.6 Å². The molecule has 46 heavy (non-hydrogen) atoms. The van der Waals surface area contributed by atoms with Gasteiger partial charge in [-0.25, -0.2) is 8.78 Å². The molecule has 5 aromatic rings. The van der Waals surface area contributed by atoms with E-state index in [-0.39, 0.29) is 39.8 Å². The first-order chi connectivity index (χ1) is 22.1. The summed E-state index contributed by atoms with van der Waals surface area (Å²) in [4.78, 5) is 29.9. The summed E-state index contributed by atoms with van der Waals surface area (Å²) in [5.74, 6) is -2.46. The molecule has 0 saturated carbocycles. The number of nitrogens with zero attached hydrogens (tertiary/aromatic N) is 1. The summed E-state index contributed by atoms with van der Waals surface area (Å²) < 4.78 is 76.9. The van der Waals surface area contributed by atoms with E-state index in [1.165, 1.54) is 47.0 Å². The number of alkyl halides is 3. The molecule has 2 heterocycles. The fraction of sp³-hybridized carbons (Fsp3) is 0.103. The van der Waals surface area contributed by atoms with Gasteiger partial charge in [0, 0.05) is 56.7 Å². The molecule has 0 saturated heterocycles. The van der Waals surface area contributed by atoms with Crippen LogP contribution in [0.4, 0.5) is 27.6 Å². The van der Waals surface area contributed by atoms with Crippen molar-refractivity contribution in [1.29, 1.82) is 0 Å². The first-order valence-electron chi connectivity index (χ1n) is 12.7. The predicted molar refractivity (Wildman–Crippen MR) is 166 cm³/mol. The van der Waals surface area contributed by atoms with E-state index in [4.69, 9.17) is 21.0 Å². The van der Waals surface area contributed by atoms with Crippen molar-refractivity contribution in [2.45, 2.75) is 17.6 Å². The van der Waals surface area contributed by atoms with E-state index in [1.54, 1.807) is 18.2 Å². The first-order valence-corrected chi connectivity index (χ1v) is 14.7. The average Bonchev–Trinajstić information content (AvgIpc) is 3.36. The number of carbonyl (C=O) groups excluding carboxylic acids is 1. The van der Waals surface area contributed by atoms with Crippen LogP contribution in [-0.2, 0) is 12.7 Å². The quantitative estimate of drug-likeness (QED) is 0.0380. The van der Waals surface area contributed by atoms with Crippen LogP contribution in [0.2, 0.25) is 0 Å². The van der Waals surface area contributed by atoms with E-state index in [0.29, 0.717) is 11.0 Å². The van der Waals surface area contributed by atoms with E-state index in [2.05, 4.69) is 14.4 Å². The minimum absolute atomic E-state index is 0.0146. The molecule has 7 N–H and O–H groups in total. The lowest BCUT2D eigenvalue weighted by atomic mass is 10.0. The molecule has 244 valence electrons. The predicted octanol–water partition coefficient (Wildman–Crippen LogP) is 7.50. The zero-order chi connectivity index (χ0) is 34.0. The molecule has 0 unspecified atom stereocenters. The molecule has 0 aliphatic carbocycles. The van der Waals surface area contributed by atoms with Crippen LogP contribution in [0.1, 0.15) is 21.6 Å². The maximum atomic E-state index is 14.8. The summed E-state index contributed by atoms with van der Waals surface area (Å²) in [7, 11) is 0. The summed E-state index contributed by atoms with van der Waals surface area (Å²) in [6.45, 7) is -0.334. The number of carbonyl (C=O) groups is 1. The molecule has 0 spiro atoms. The van der Waals surface area contributed by atoms with Crippen LogP contribution in [0.3, 0.4) is 0 Å². The van der Waals surface area contributed by atoms with Crippen LogP contribution in [0.25, 0.3) is 22.0 Å². The second-order valence-corrected chi connectivity index (χ2v) is 10.5. The maximum Gasteiger partial charge on any atom is 0.416 e. The van der Waals surface area contributed by atoms with Crippen molar-refractivity contribution < 1.29 is 47.8 Å². The van der Waals surface area contributed by atoms with Gasteiger partial charge in [0.1, 0.15) is 17.3 Å². The molecular formula is C29H25F5N4O6S2. The summed E-state index contributed by atoms with van der Waals surface area (Å²) in [5, 5.41) is 24.0. The number of aromatic amines is 1. The fourth-order valence-corrected chi connectivity index (χ4v) is 5.54. The minimum Gasteiger partial charge on any atom is -0.331 e. The molecule has 2 aromatic heterocycles. The number of hydrogen-bond donors (Lipinski definition) is 7. The highest BCUT2D eigenvalue weighted by atomic mass is 32.2. The largest absolute Gasteiger partial charge is 0.416 e. The Hall–Kier alpha value is -4.39. The Morgan fingerprint density at radius 3 is 2.35 bits per heavy atom. The Morgan fingerprint density at radius 2 is 1.70 bits per heavy atom. The molecule has 3 aromatic carbocycles. The highest BCUT2D eigenvalue weighted by Gasteiger charge is 2.33. The monoisotopic (exact) mass is 684 g/mol. The molecule has 0 aliphatic rings. The zero-order valence-electron chi connectivity index (χ0n) is 23.5. The van der Waals surface area contributed by atoms with E-state index < -0.39 is 34.8 Å². The number of nitrogens with one attached hydrogen (secondary N) is 3. The molecular weight excluding hydrogens is 659 g/mol. The molecule has 0 bridgehead atoms. The Balaban J connectivity index is 0.00000139. The topological polar surface area (TPSA) is 160 Å². The van der Waals surface area contributed by atoms with Crippen LogP contribution in [0.15, 0.2) is 88.7 Å². The Morgan fingerprint density at radius 1 is 0.957 bits per heavy atom. The van der Waals surface area contributed by atoms with Crippen LogP contribution in [-0.4, -0.2) is 42.7 Å². The second-order valence-electron chi connectivity index (χ2n) is 9.06. The lowest BCUT2D eigenvalue weighted by Gasteiger charge is -2.14. The lowest BCUT2D eigenvalue weighted by Crippen LogP contribution is -2.22. The van der Waals surface area contributed by atoms with Crippen molar-refractivity contribution in [1.82, 2.24) is 14.3 Å². The summed E-state index contributed by atoms with van der Waals surface area (Å²) in [5.41, 5.74) is -1.01. The molecule has 0 radical (unpaired) electrons. The van der Waals surface area contributed by atoms with Gasteiger partial charge >= 0.3 is 6.18 Å². The van der Waals surface area contributed by atoms with Crippen molar-refractivity contribution in [3.63, 3.8) is 0 Å². The zero-order valence-corrected chi connectivity index (χ0v) is 25.1. The normalized spacial score (nSPS) is 10.8. The summed E-state index contributed by atoms with van der Waals surface area (Å²) >= 11 is 2.34. The summed E-state index contributed by atoms with van der Waals surface area (Å²) in [6.07, 6.45) is -1.51. The number of fused-ring (bicyclic) bond motifs is 1. The molecule has 10 nitrogen and oxygen atoms in total.